The van der Waals surface area contributed by atoms with Gasteiger partial charge in [0.05, 0.1) is 5.69 Å². The molecule has 14 heteroatoms. The number of amides is 2. The van der Waals surface area contributed by atoms with E-state index >= 15 is 4.39 Å². The van der Waals surface area contributed by atoms with E-state index in [-0.39, 0.29) is 47.0 Å². The molecule has 0 unspecified atom stereocenters. The first kappa shape index (κ1) is 33.0. The van der Waals surface area contributed by atoms with E-state index in [0.29, 0.717) is 16.5 Å². The molecule has 12 nitrogen and oxygen atoms in total. The van der Waals surface area contributed by atoms with Gasteiger partial charge in [0, 0.05) is 83.5 Å². The van der Waals surface area contributed by atoms with Gasteiger partial charge in [-0.2, -0.15) is 8.42 Å². The quantitative estimate of drug-likeness (QED) is 0.250. The molecule has 2 N–H and O–H groups in total. The average Bonchev–Trinajstić information content (AvgIpc) is 2.99. The van der Waals surface area contributed by atoms with Crippen molar-refractivity contribution < 1.29 is 31.6 Å². The van der Waals surface area contributed by atoms with Crippen LogP contribution in [-0.2, 0) is 23.2 Å². The lowest BCUT2D eigenvalue weighted by Crippen LogP contribution is -2.27. The summed E-state index contributed by atoms with van der Waals surface area (Å²) in [7, 11) is 5.38. The third kappa shape index (κ3) is 7.59. The maximum Gasteiger partial charge on any atom is 0.414 e. The van der Waals surface area contributed by atoms with Crippen LogP contribution in [0.25, 0.3) is 11.0 Å². The SMILES string of the molecule is CNS(=O)(=O)Nc1cccc(Cc2c(CN(C)c3ccc(C(=O)N(C)C)cc3)c3ccc(OC(=O)N(C)C)cc3oc2=O)c1F. The second-order valence-corrected chi connectivity index (χ2v) is 12.3. The molecular formula is C31H34FN5O7S. The summed E-state index contributed by atoms with van der Waals surface area (Å²) in [6, 6.07) is 15.8. The average molecular weight is 640 g/mol. The topological polar surface area (TPSA) is 142 Å². The molecule has 0 aliphatic rings. The van der Waals surface area contributed by atoms with Crippen molar-refractivity contribution in [3.8, 4) is 5.75 Å². The molecule has 0 fully saturated rings. The lowest BCUT2D eigenvalue weighted by atomic mass is 9.97. The van der Waals surface area contributed by atoms with E-state index in [4.69, 9.17) is 9.15 Å². The summed E-state index contributed by atoms with van der Waals surface area (Å²) in [4.78, 5) is 42.5. The Kier molecular flexibility index (Phi) is 9.78. The highest BCUT2D eigenvalue weighted by molar-refractivity contribution is 7.90. The second-order valence-electron chi connectivity index (χ2n) is 10.6. The Morgan fingerprint density at radius 3 is 2.24 bits per heavy atom. The highest BCUT2D eigenvalue weighted by Gasteiger charge is 2.21. The van der Waals surface area contributed by atoms with Crippen molar-refractivity contribution >= 4 is 44.6 Å². The summed E-state index contributed by atoms with van der Waals surface area (Å²) in [5.41, 5.74) is 1.10. The van der Waals surface area contributed by atoms with Gasteiger partial charge in [-0.15, -0.1) is 0 Å². The zero-order valence-corrected chi connectivity index (χ0v) is 26.5. The molecule has 4 aromatic rings. The normalized spacial score (nSPS) is 11.3. The molecule has 0 saturated carbocycles. The first-order chi connectivity index (χ1) is 21.2. The fourth-order valence-electron chi connectivity index (χ4n) is 4.53. The Hall–Kier alpha value is -4.95. The molecule has 0 saturated heterocycles. The summed E-state index contributed by atoms with van der Waals surface area (Å²) in [6.07, 6.45) is -0.829. The molecule has 45 heavy (non-hydrogen) atoms. The van der Waals surface area contributed by atoms with E-state index in [9.17, 15) is 22.8 Å². The number of hydrogen-bond acceptors (Lipinski definition) is 8. The minimum absolute atomic E-state index is 0.0601. The summed E-state index contributed by atoms with van der Waals surface area (Å²) in [5, 5.41) is 0.521. The van der Waals surface area contributed by atoms with Crippen molar-refractivity contribution in [1.82, 2.24) is 14.5 Å². The molecular weight excluding hydrogens is 605 g/mol. The molecule has 0 bridgehead atoms. The lowest BCUT2D eigenvalue weighted by molar-refractivity contribution is 0.0827. The van der Waals surface area contributed by atoms with Crippen molar-refractivity contribution in [3.63, 3.8) is 0 Å². The minimum Gasteiger partial charge on any atom is -0.422 e. The molecule has 0 radical (unpaired) electrons. The van der Waals surface area contributed by atoms with Crippen LogP contribution in [0.2, 0.25) is 0 Å². The van der Waals surface area contributed by atoms with Gasteiger partial charge in [-0.05, 0) is 53.6 Å². The van der Waals surface area contributed by atoms with Gasteiger partial charge in [-0.1, -0.05) is 12.1 Å². The van der Waals surface area contributed by atoms with E-state index in [1.165, 1.54) is 55.2 Å². The number of hydrogen-bond donors (Lipinski definition) is 2. The molecule has 0 spiro atoms. The van der Waals surface area contributed by atoms with Gasteiger partial charge in [-0.25, -0.2) is 18.7 Å². The zero-order chi connectivity index (χ0) is 33.1. The number of ether oxygens (including phenoxy) is 1. The van der Waals surface area contributed by atoms with Crippen LogP contribution in [0, 0.1) is 5.82 Å². The highest BCUT2D eigenvalue weighted by Crippen LogP contribution is 2.30. The van der Waals surface area contributed by atoms with Crippen LogP contribution in [0.15, 0.2) is 69.9 Å². The van der Waals surface area contributed by atoms with Gasteiger partial charge in [0.25, 0.3) is 16.1 Å². The van der Waals surface area contributed by atoms with E-state index in [0.717, 1.165) is 5.69 Å². The summed E-state index contributed by atoms with van der Waals surface area (Å²) in [5.74, 6) is -0.833. The van der Waals surface area contributed by atoms with Crippen molar-refractivity contribution in [2.45, 2.75) is 13.0 Å². The molecule has 0 aliphatic heterocycles. The second kappa shape index (κ2) is 13.4. The maximum absolute atomic E-state index is 15.5. The van der Waals surface area contributed by atoms with Gasteiger partial charge in [-0.3, -0.25) is 9.52 Å². The highest BCUT2D eigenvalue weighted by atomic mass is 32.2. The number of benzene rings is 3. The van der Waals surface area contributed by atoms with Crippen LogP contribution in [0.1, 0.15) is 27.0 Å². The fraction of sp³-hybridized carbons (Fsp3) is 0.258. The monoisotopic (exact) mass is 639 g/mol. The van der Waals surface area contributed by atoms with Gasteiger partial charge >= 0.3 is 11.7 Å². The van der Waals surface area contributed by atoms with Crippen LogP contribution >= 0.6 is 0 Å². The van der Waals surface area contributed by atoms with Crippen molar-refractivity contribution in [2.75, 3.05) is 51.9 Å². The van der Waals surface area contributed by atoms with Crippen LogP contribution in [0.3, 0.4) is 0 Å². The Morgan fingerprint density at radius 2 is 1.62 bits per heavy atom. The molecule has 2 amide bonds. The van der Waals surface area contributed by atoms with Crippen molar-refractivity contribution in [1.29, 1.82) is 0 Å². The van der Waals surface area contributed by atoms with Crippen LogP contribution in [0.4, 0.5) is 20.6 Å². The minimum atomic E-state index is -4.00. The third-order valence-electron chi connectivity index (χ3n) is 6.98. The predicted octanol–water partition coefficient (Wildman–Crippen LogP) is 3.80. The van der Waals surface area contributed by atoms with Crippen molar-refractivity contribution in [3.05, 3.63) is 99.2 Å². The van der Waals surface area contributed by atoms with Crippen molar-refractivity contribution in [2.24, 2.45) is 0 Å². The lowest BCUT2D eigenvalue weighted by Gasteiger charge is -2.23. The largest absolute Gasteiger partial charge is 0.422 e. The van der Waals surface area contributed by atoms with Gasteiger partial charge in [0.2, 0.25) is 0 Å². The number of nitrogens with zero attached hydrogens (tertiary/aromatic N) is 3. The summed E-state index contributed by atoms with van der Waals surface area (Å²) in [6.45, 7) is 0.170. The van der Waals surface area contributed by atoms with Gasteiger partial charge in [0.1, 0.15) is 11.3 Å². The van der Waals surface area contributed by atoms with E-state index in [1.54, 1.807) is 57.5 Å². The van der Waals surface area contributed by atoms with E-state index in [1.807, 2.05) is 4.90 Å². The molecule has 238 valence electrons. The van der Waals surface area contributed by atoms with E-state index < -0.39 is 27.7 Å². The first-order valence-electron chi connectivity index (χ1n) is 13.7. The number of halogens is 1. The summed E-state index contributed by atoms with van der Waals surface area (Å²) < 4.78 is 54.7. The number of anilines is 2. The van der Waals surface area contributed by atoms with E-state index in [2.05, 4.69) is 9.44 Å². The summed E-state index contributed by atoms with van der Waals surface area (Å²) >= 11 is 0. The standard InChI is InChI=1S/C31H34FN5O7S/c1-33-45(41,42)34-26-9-7-8-20(28(26)32)16-24-25(18-37(6)21-12-10-19(11-13-21)29(38)35(2)3)23-15-14-22(43-31(40)36(4)5)17-27(23)44-30(24)39/h7-15,17,33-34H,16,18H2,1-6H3. The number of fused-ring (bicyclic) bond motifs is 1. The number of nitrogens with one attached hydrogen (secondary N) is 2. The molecule has 0 aliphatic carbocycles. The Balaban J connectivity index is 1.80. The molecule has 4 rings (SSSR count). The van der Waals surface area contributed by atoms with Crippen LogP contribution < -0.4 is 24.7 Å². The Labute approximate surface area is 260 Å². The molecule has 3 aromatic carbocycles. The number of rotatable bonds is 10. The fourth-order valence-corrected chi connectivity index (χ4v) is 5.07. The van der Waals surface area contributed by atoms with Gasteiger partial charge in [0.15, 0.2) is 5.82 Å². The number of carbonyl (C=O) groups excluding carboxylic acids is 2. The smallest absolute Gasteiger partial charge is 0.414 e. The third-order valence-corrected chi connectivity index (χ3v) is 8.00. The maximum atomic E-state index is 15.5. The zero-order valence-electron chi connectivity index (χ0n) is 25.7. The first-order valence-corrected chi connectivity index (χ1v) is 15.2. The molecule has 1 heterocycles. The molecule has 1 aromatic heterocycles. The van der Waals surface area contributed by atoms with Gasteiger partial charge < -0.3 is 23.9 Å². The van der Waals surface area contributed by atoms with Crippen LogP contribution in [0.5, 0.6) is 5.75 Å². The number of carbonyl (C=O) groups is 2. The molecule has 0 atom stereocenters. The predicted molar refractivity (Wildman–Crippen MR) is 170 cm³/mol. The Morgan fingerprint density at radius 1 is 0.933 bits per heavy atom. The van der Waals surface area contributed by atoms with Crippen LogP contribution in [-0.4, -0.2) is 72.5 Å². The Bertz CT molecular complexity index is 1910.